The second-order valence-electron chi connectivity index (χ2n) is 8.76. The van der Waals surface area contributed by atoms with Crippen molar-refractivity contribution < 1.29 is 18.8 Å². The van der Waals surface area contributed by atoms with E-state index in [1.54, 1.807) is 29.5 Å². The Bertz CT molecular complexity index is 1280. The van der Waals surface area contributed by atoms with Gasteiger partial charge in [0, 0.05) is 33.9 Å². The van der Waals surface area contributed by atoms with Gasteiger partial charge in [-0.1, -0.05) is 12.1 Å². The number of nitrogens with one attached hydrogen (secondary N) is 1. The van der Waals surface area contributed by atoms with E-state index in [4.69, 9.17) is 0 Å². The molecule has 33 heavy (non-hydrogen) atoms. The highest BCUT2D eigenvalue weighted by molar-refractivity contribution is 7.10. The van der Waals surface area contributed by atoms with Crippen LogP contribution in [0.1, 0.15) is 50.6 Å². The molecule has 3 amide bonds. The number of imide groups is 1. The summed E-state index contributed by atoms with van der Waals surface area (Å²) in [6.07, 6.45) is 2.25. The number of nitrogens with zero attached hydrogens (tertiary/aromatic N) is 2. The molecule has 1 aromatic carbocycles. The number of carbonyl (C=O) groups excluding carboxylic acids is 3. The van der Waals surface area contributed by atoms with E-state index in [2.05, 4.69) is 5.32 Å². The van der Waals surface area contributed by atoms with Crippen LogP contribution in [0, 0.1) is 19.7 Å². The normalized spacial score (nSPS) is 19.8. The molecule has 1 aliphatic heterocycles. The molecule has 8 heteroatoms. The number of urea groups is 1. The van der Waals surface area contributed by atoms with Crippen molar-refractivity contribution in [1.29, 1.82) is 0 Å². The minimum absolute atomic E-state index is 0.282. The molecule has 0 bridgehead atoms. The maximum atomic E-state index is 13.4. The Balaban J connectivity index is 1.38. The SMILES string of the molecule is Cc1cc(C(=O)CN2C(=O)NC3(CCCc4sccc43)C2=O)c(C)n1Cc1ccc(F)cc1. The summed E-state index contributed by atoms with van der Waals surface area (Å²) >= 11 is 1.60. The van der Waals surface area contributed by atoms with Gasteiger partial charge in [0.15, 0.2) is 5.78 Å². The molecule has 2 aromatic heterocycles. The molecule has 1 atom stereocenters. The van der Waals surface area contributed by atoms with Gasteiger partial charge in [0.2, 0.25) is 0 Å². The van der Waals surface area contributed by atoms with Crippen LogP contribution in [0.4, 0.5) is 9.18 Å². The molecule has 1 fully saturated rings. The molecule has 3 aromatic rings. The highest BCUT2D eigenvalue weighted by Crippen LogP contribution is 2.42. The van der Waals surface area contributed by atoms with Crippen molar-refractivity contribution in [3.8, 4) is 0 Å². The number of ketones is 1. The van der Waals surface area contributed by atoms with Gasteiger partial charge in [-0.3, -0.25) is 14.5 Å². The van der Waals surface area contributed by atoms with Crippen molar-refractivity contribution in [2.24, 2.45) is 0 Å². The van der Waals surface area contributed by atoms with Gasteiger partial charge >= 0.3 is 6.03 Å². The lowest BCUT2D eigenvalue weighted by atomic mass is 9.80. The molecule has 1 spiro atoms. The largest absolute Gasteiger partial charge is 0.344 e. The van der Waals surface area contributed by atoms with Crippen LogP contribution in [0.5, 0.6) is 0 Å². The molecule has 1 saturated heterocycles. The average Bonchev–Trinajstić information content (AvgIpc) is 3.44. The van der Waals surface area contributed by atoms with Gasteiger partial charge in [0.05, 0.1) is 6.54 Å². The predicted octanol–water partition coefficient (Wildman–Crippen LogP) is 4.32. The third kappa shape index (κ3) is 3.49. The molecule has 6 nitrogen and oxygen atoms in total. The smallest absolute Gasteiger partial charge is 0.325 e. The summed E-state index contributed by atoms with van der Waals surface area (Å²) in [6.45, 7) is 3.94. The Morgan fingerprint density at radius 2 is 1.94 bits per heavy atom. The fourth-order valence-electron chi connectivity index (χ4n) is 5.01. The van der Waals surface area contributed by atoms with Crippen LogP contribution in [0.15, 0.2) is 41.8 Å². The molecular weight excluding hydrogens is 441 g/mol. The lowest BCUT2D eigenvalue weighted by Crippen LogP contribution is -2.46. The molecule has 2 aliphatic rings. The number of hydrogen-bond donors (Lipinski definition) is 1. The number of benzene rings is 1. The number of amides is 3. The zero-order valence-corrected chi connectivity index (χ0v) is 19.3. The molecule has 5 rings (SSSR count). The first-order valence-electron chi connectivity index (χ1n) is 11.0. The highest BCUT2D eigenvalue weighted by atomic mass is 32.1. The number of aromatic nitrogens is 1. The Morgan fingerprint density at radius 3 is 2.70 bits per heavy atom. The molecule has 1 unspecified atom stereocenters. The minimum Gasteiger partial charge on any atom is -0.344 e. The number of carbonyl (C=O) groups is 3. The number of halogens is 1. The second kappa shape index (κ2) is 7.95. The number of aryl methyl sites for hydroxylation is 2. The fraction of sp³-hybridized carbons (Fsp3) is 0.320. The third-order valence-electron chi connectivity index (χ3n) is 6.77. The molecule has 3 heterocycles. The van der Waals surface area contributed by atoms with Crippen LogP contribution in [-0.2, 0) is 23.3 Å². The van der Waals surface area contributed by atoms with Gasteiger partial charge in [0.1, 0.15) is 11.4 Å². The van der Waals surface area contributed by atoms with Crippen LogP contribution in [0.25, 0.3) is 0 Å². The van der Waals surface area contributed by atoms with E-state index in [0.29, 0.717) is 18.5 Å². The number of rotatable bonds is 5. The monoisotopic (exact) mass is 465 g/mol. The topological polar surface area (TPSA) is 71.4 Å². The van der Waals surface area contributed by atoms with Gasteiger partial charge in [-0.15, -0.1) is 11.3 Å². The van der Waals surface area contributed by atoms with Crippen molar-refractivity contribution in [1.82, 2.24) is 14.8 Å². The minimum atomic E-state index is -1.05. The van der Waals surface area contributed by atoms with Crippen LogP contribution in [0.3, 0.4) is 0 Å². The Hall–Kier alpha value is -3.26. The zero-order valence-electron chi connectivity index (χ0n) is 18.5. The molecule has 0 saturated carbocycles. The van der Waals surface area contributed by atoms with Gasteiger partial charge in [-0.05, 0) is 68.3 Å². The third-order valence-corrected chi connectivity index (χ3v) is 7.75. The Kier molecular flexibility index (Phi) is 5.20. The van der Waals surface area contributed by atoms with Crippen molar-refractivity contribution in [3.05, 3.63) is 80.6 Å². The summed E-state index contributed by atoms with van der Waals surface area (Å²) in [5, 5.41) is 4.84. The van der Waals surface area contributed by atoms with Crippen molar-refractivity contribution in [2.75, 3.05) is 6.54 Å². The van der Waals surface area contributed by atoms with Gasteiger partial charge in [0.25, 0.3) is 5.91 Å². The van der Waals surface area contributed by atoms with E-state index in [-0.39, 0.29) is 24.1 Å². The first-order valence-corrected chi connectivity index (χ1v) is 11.8. The molecule has 170 valence electrons. The number of hydrogen-bond acceptors (Lipinski definition) is 4. The quantitative estimate of drug-likeness (QED) is 0.451. The molecule has 1 aliphatic carbocycles. The van der Waals surface area contributed by atoms with E-state index in [1.165, 1.54) is 12.1 Å². The number of Topliss-reactive ketones (excluding diaryl/α,β-unsaturated/α-hetero) is 1. The summed E-state index contributed by atoms with van der Waals surface area (Å²) in [5.74, 6) is -0.926. The van der Waals surface area contributed by atoms with E-state index in [9.17, 15) is 18.8 Å². The van der Waals surface area contributed by atoms with Crippen LogP contribution >= 0.6 is 11.3 Å². The van der Waals surface area contributed by atoms with E-state index < -0.39 is 11.6 Å². The lowest BCUT2D eigenvalue weighted by Gasteiger charge is -2.31. The summed E-state index contributed by atoms with van der Waals surface area (Å²) in [7, 11) is 0. The first kappa shape index (κ1) is 21.6. The Morgan fingerprint density at radius 1 is 1.18 bits per heavy atom. The van der Waals surface area contributed by atoms with Gasteiger partial charge in [-0.25, -0.2) is 9.18 Å². The number of thiophene rings is 1. The highest BCUT2D eigenvalue weighted by Gasteiger charge is 2.54. The van der Waals surface area contributed by atoms with Crippen LogP contribution in [-0.4, -0.2) is 33.7 Å². The first-order chi connectivity index (χ1) is 15.8. The average molecular weight is 466 g/mol. The summed E-state index contributed by atoms with van der Waals surface area (Å²) in [4.78, 5) is 41.6. The zero-order chi connectivity index (χ0) is 23.3. The Labute approximate surface area is 195 Å². The van der Waals surface area contributed by atoms with Gasteiger partial charge < -0.3 is 9.88 Å². The van der Waals surface area contributed by atoms with Crippen molar-refractivity contribution >= 4 is 29.1 Å². The number of fused-ring (bicyclic) bond motifs is 2. The molecule has 0 radical (unpaired) electrons. The van der Waals surface area contributed by atoms with E-state index >= 15 is 0 Å². The maximum absolute atomic E-state index is 13.4. The summed E-state index contributed by atoms with van der Waals surface area (Å²) in [5.41, 5.74) is 2.84. The van der Waals surface area contributed by atoms with E-state index in [0.717, 1.165) is 45.1 Å². The predicted molar refractivity (Wildman–Crippen MR) is 123 cm³/mol. The van der Waals surface area contributed by atoms with Crippen LogP contribution in [0.2, 0.25) is 0 Å². The summed E-state index contributed by atoms with van der Waals surface area (Å²) < 4.78 is 15.2. The van der Waals surface area contributed by atoms with Crippen molar-refractivity contribution in [3.63, 3.8) is 0 Å². The molecule has 1 N–H and O–H groups in total. The molecular formula is C25H24FN3O3S. The summed E-state index contributed by atoms with van der Waals surface area (Å²) in [6, 6.07) is 9.42. The maximum Gasteiger partial charge on any atom is 0.325 e. The fourth-order valence-corrected chi connectivity index (χ4v) is 6.01. The lowest BCUT2D eigenvalue weighted by molar-refractivity contribution is -0.131. The van der Waals surface area contributed by atoms with Crippen LogP contribution < -0.4 is 5.32 Å². The van der Waals surface area contributed by atoms with Gasteiger partial charge in [-0.2, -0.15) is 0 Å². The van der Waals surface area contributed by atoms with Crippen molar-refractivity contribution in [2.45, 2.75) is 45.2 Å². The van der Waals surface area contributed by atoms with E-state index in [1.807, 2.05) is 29.9 Å². The second-order valence-corrected chi connectivity index (χ2v) is 9.76. The standard InChI is InChI=1S/C25H24FN3O3S/c1-15-12-19(16(2)28(15)13-17-5-7-18(26)8-6-17)21(30)14-29-23(31)25(27-24(29)32)10-3-4-22-20(25)9-11-33-22/h5-9,11-12H,3-4,10,13-14H2,1-2H3,(H,27,32).